The van der Waals surface area contributed by atoms with Crippen molar-refractivity contribution in [3.8, 4) is 16.9 Å². The van der Waals surface area contributed by atoms with Crippen molar-refractivity contribution >= 4 is 5.57 Å². The van der Waals surface area contributed by atoms with E-state index in [1.807, 2.05) is 13.0 Å². The lowest BCUT2D eigenvalue weighted by Gasteiger charge is -2.22. The number of benzene rings is 3. The van der Waals surface area contributed by atoms with E-state index in [4.69, 9.17) is 9.47 Å². The Morgan fingerprint density at radius 1 is 0.750 bits per heavy atom. The highest BCUT2D eigenvalue weighted by Gasteiger charge is 2.21. The van der Waals surface area contributed by atoms with E-state index in [1.165, 1.54) is 12.1 Å². The summed E-state index contributed by atoms with van der Waals surface area (Å²) >= 11 is 0. The van der Waals surface area contributed by atoms with Crippen LogP contribution in [0.1, 0.15) is 49.8 Å². The Morgan fingerprint density at radius 2 is 1.47 bits per heavy atom. The third-order valence-corrected chi connectivity index (χ3v) is 6.57. The van der Waals surface area contributed by atoms with Crippen molar-refractivity contribution in [1.29, 1.82) is 0 Å². The molecule has 3 aromatic carbocycles. The van der Waals surface area contributed by atoms with Crippen LogP contribution in [0, 0.1) is 23.3 Å². The highest BCUT2D eigenvalue weighted by molar-refractivity contribution is 5.67. The largest absolute Gasteiger partial charge is 0.491 e. The summed E-state index contributed by atoms with van der Waals surface area (Å²) < 4.78 is 69.2. The number of halogens is 4. The summed E-state index contributed by atoms with van der Waals surface area (Å²) in [7, 11) is 0. The zero-order valence-corrected chi connectivity index (χ0v) is 20.6. The molecule has 6 heteroatoms. The van der Waals surface area contributed by atoms with Crippen LogP contribution in [0.3, 0.4) is 0 Å². The average molecular weight is 499 g/mol. The molecule has 0 aliphatic heterocycles. The molecule has 0 spiro atoms. The highest BCUT2D eigenvalue weighted by atomic mass is 19.2. The van der Waals surface area contributed by atoms with Crippen molar-refractivity contribution in [2.45, 2.75) is 52.1 Å². The Balaban J connectivity index is 1.43. The quantitative estimate of drug-likeness (QED) is 0.278. The second-order valence-electron chi connectivity index (χ2n) is 8.85. The zero-order valence-electron chi connectivity index (χ0n) is 20.6. The highest BCUT2D eigenvalue weighted by Crippen LogP contribution is 2.33. The second-order valence-corrected chi connectivity index (χ2v) is 8.85. The Hall–Kier alpha value is -3.12. The van der Waals surface area contributed by atoms with E-state index < -0.39 is 23.3 Å². The van der Waals surface area contributed by atoms with E-state index in [2.05, 4.69) is 0 Å². The fraction of sp³-hybridized carbons (Fsp3) is 0.333. The van der Waals surface area contributed by atoms with Crippen molar-refractivity contribution in [2.75, 3.05) is 13.2 Å². The Bertz CT molecular complexity index is 1230. The molecular weight excluding hydrogens is 468 g/mol. The van der Waals surface area contributed by atoms with Gasteiger partial charge in [-0.3, -0.25) is 0 Å². The number of allylic oxidation sites excluding steroid dienone is 1. The van der Waals surface area contributed by atoms with Gasteiger partial charge in [0, 0.05) is 17.7 Å². The molecule has 0 N–H and O–H groups in total. The van der Waals surface area contributed by atoms with Gasteiger partial charge in [-0.1, -0.05) is 42.5 Å². The molecule has 190 valence electrons. The van der Waals surface area contributed by atoms with Crippen LogP contribution in [0.2, 0.25) is 0 Å². The van der Waals surface area contributed by atoms with Crippen LogP contribution in [0.4, 0.5) is 17.6 Å². The number of ether oxygens (including phenoxy) is 2. The smallest absolute Gasteiger partial charge is 0.201 e. The summed E-state index contributed by atoms with van der Waals surface area (Å²) in [6, 6.07) is 13.2. The van der Waals surface area contributed by atoms with Crippen LogP contribution in [-0.2, 0) is 17.6 Å². The standard InChI is InChI=1S/C30H30F4O2/c1-3-35-23-14-11-21(12-15-23)24-16-13-22(27(31)28(24)32)10-7-19-5-8-20(9-6-19)25-17-18-26(36-4-2)30(34)29(25)33/h5-6,8-9,11,13,16-18,23H,3-4,7,10,12,14-15H2,1-2H3. The molecule has 1 aliphatic rings. The molecule has 0 saturated heterocycles. The normalized spacial score (nSPS) is 15.6. The van der Waals surface area contributed by atoms with E-state index in [9.17, 15) is 17.6 Å². The van der Waals surface area contributed by atoms with Gasteiger partial charge in [0.1, 0.15) is 0 Å². The maximum Gasteiger partial charge on any atom is 0.201 e. The Labute approximate surface area is 209 Å². The van der Waals surface area contributed by atoms with E-state index in [-0.39, 0.29) is 24.0 Å². The molecule has 4 rings (SSSR count). The molecule has 0 radical (unpaired) electrons. The average Bonchev–Trinajstić information content (AvgIpc) is 2.89. The Morgan fingerprint density at radius 3 is 2.14 bits per heavy atom. The summed E-state index contributed by atoms with van der Waals surface area (Å²) in [4.78, 5) is 0. The lowest BCUT2D eigenvalue weighted by molar-refractivity contribution is 0.0579. The van der Waals surface area contributed by atoms with Gasteiger partial charge in [-0.15, -0.1) is 0 Å². The van der Waals surface area contributed by atoms with Crippen molar-refractivity contribution in [1.82, 2.24) is 0 Å². The number of hydrogen-bond donors (Lipinski definition) is 0. The van der Waals surface area contributed by atoms with Crippen LogP contribution in [0.15, 0.2) is 54.6 Å². The summed E-state index contributed by atoms with van der Waals surface area (Å²) in [5, 5.41) is 0. The Kier molecular flexibility index (Phi) is 8.47. The van der Waals surface area contributed by atoms with Gasteiger partial charge in [0.2, 0.25) is 5.82 Å². The molecule has 0 saturated carbocycles. The van der Waals surface area contributed by atoms with Crippen molar-refractivity contribution in [3.05, 3.63) is 94.6 Å². The van der Waals surface area contributed by atoms with Gasteiger partial charge < -0.3 is 9.47 Å². The summed E-state index contributed by atoms with van der Waals surface area (Å²) in [5.74, 6) is -3.73. The van der Waals surface area contributed by atoms with E-state index >= 15 is 0 Å². The molecule has 1 unspecified atom stereocenters. The topological polar surface area (TPSA) is 18.5 Å². The first kappa shape index (κ1) is 26.0. The van der Waals surface area contributed by atoms with Gasteiger partial charge in [0.25, 0.3) is 0 Å². The van der Waals surface area contributed by atoms with Crippen LogP contribution >= 0.6 is 0 Å². The van der Waals surface area contributed by atoms with E-state index in [0.717, 1.165) is 17.6 Å². The predicted molar refractivity (Wildman–Crippen MR) is 134 cm³/mol. The first-order chi connectivity index (χ1) is 17.4. The van der Waals surface area contributed by atoms with E-state index in [1.54, 1.807) is 43.3 Å². The fourth-order valence-corrected chi connectivity index (χ4v) is 4.62. The minimum Gasteiger partial charge on any atom is -0.491 e. The van der Waals surface area contributed by atoms with Crippen molar-refractivity contribution in [3.63, 3.8) is 0 Å². The van der Waals surface area contributed by atoms with Gasteiger partial charge in [0.15, 0.2) is 23.2 Å². The summed E-state index contributed by atoms with van der Waals surface area (Å²) in [6.07, 6.45) is 5.05. The lowest BCUT2D eigenvalue weighted by Crippen LogP contribution is -2.16. The van der Waals surface area contributed by atoms with Gasteiger partial charge >= 0.3 is 0 Å². The fourth-order valence-electron chi connectivity index (χ4n) is 4.62. The van der Waals surface area contributed by atoms with Crippen LogP contribution in [-0.4, -0.2) is 19.3 Å². The van der Waals surface area contributed by atoms with Crippen molar-refractivity contribution in [2.24, 2.45) is 0 Å². The molecule has 0 bridgehead atoms. The number of rotatable bonds is 9. The van der Waals surface area contributed by atoms with Gasteiger partial charge in [-0.2, -0.15) is 4.39 Å². The third kappa shape index (κ3) is 5.65. The SMILES string of the molecule is CCOc1ccc(-c2ccc(CCc3ccc(C4=CCC(OCC)CC4)c(F)c3F)cc2)c(F)c1F. The molecule has 0 heterocycles. The minimum absolute atomic E-state index is 0.120. The zero-order chi connectivity index (χ0) is 25.7. The van der Waals surface area contributed by atoms with Crippen LogP contribution in [0.5, 0.6) is 5.75 Å². The molecular formula is C30H30F4O2. The third-order valence-electron chi connectivity index (χ3n) is 6.57. The maximum atomic E-state index is 14.9. The molecule has 2 nitrogen and oxygen atoms in total. The predicted octanol–water partition coefficient (Wildman–Crippen LogP) is 8.07. The molecule has 36 heavy (non-hydrogen) atoms. The molecule has 0 amide bonds. The second kappa shape index (κ2) is 11.7. The van der Waals surface area contributed by atoms with Gasteiger partial charge in [-0.05, 0) is 80.3 Å². The summed E-state index contributed by atoms with van der Waals surface area (Å²) in [5.41, 5.74) is 2.99. The maximum absolute atomic E-state index is 14.9. The molecule has 0 aromatic heterocycles. The van der Waals surface area contributed by atoms with Crippen LogP contribution in [0.25, 0.3) is 16.7 Å². The molecule has 3 aromatic rings. The van der Waals surface area contributed by atoms with Gasteiger partial charge in [-0.25, -0.2) is 13.2 Å². The minimum atomic E-state index is -1.02. The first-order valence-electron chi connectivity index (χ1n) is 12.4. The van der Waals surface area contributed by atoms with Crippen molar-refractivity contribution < 1.29 is 27.0 Å². The lowest BCUT2D eigenvalue weighted by atomic mass is 9.90. The number of aryl methyl sites for hydroxylation is 2. The molecule has 1 aliphatic carbocycles. The molecule has 1 atom stereocenters. The molecule has 0 fully saturated rings. The van der Waals surface area contributed by atoms with Crippen LogP contribution < -0.4 is 4.74 Å². The number of hydrogen-bond acceptors (Lipinski definition) is 2. The monoisotopic (exact) mass is 498 g/mol. The van der Waals surface area contributed by atoms with Gasteiger partial charge in [0.05, 0.1) is 12.7 Å². The van der Waals surface area contributed by atoms with E-state index in [0.29, 0.717) is 49.0 Å². The summed E-state index contributed by atoms with van der Waals surface area (Å²) in [6.45, 7) is 4.53. The first-order valence-corrected chi connectivity index (χ1v) is 12.4.